The lowest BCUT2D eigenvalue weighted by Gasteiger charge is -2.05. The van der Waals surface area contributed by atoms with E-state index in [1.807, 2.05) is 32.0 Å². The SMILES string of the molecule is C.CC.CC(C)(C)C.CC(C)C.CCC.CCC(C)C.CCC(C)C.CCCC.CCCCC.CCCc1ccc(C)cc1.CCc1ccc(C)cc1.Cc1ccc(C(C)C)cc1.Cc1ccc(C)cc1.Cc1ccccc1. The summed E-state index contributed by atoms with van der Waals surface area (Å²) in [5.74, 6) is 3.26. The topological polar surface area (TPSA) is 0 Å². The van der Waals surface area contributed by atoms with Gasteiger partial charge in [0.15, 0.2) is 0 Å². The standard InChI is InChI=1S/2C10H14.C9H12.C8H10.C7H8.4C5H12.2C4H10.C3H8.C2H6.CH4/c1-8(2)10-6-4-9(3)5-7-10;1-3-4-10-7-5-9(2)6-8-10;1-3-9-6-4-8(2)5-7-9;1-7-3-5-8(2)6-4-7;1-7-5-3-2-4-6-7;1-5(2,3)4;2*1-4-5(2)3;1-3-5-4-2;1-4(2)3;1-3-4-2;1-3-2;1-2;/h4-8H,1-3H3;5-8H,3-4H2,1-2H3;4-7H,3H2,1-2H3;3-6H,1-2H3;2-6H,1H3;1-4H3;2*5H,4H2,1-3H3;3-5H2,1-2H3;4H,1-3H3;3-4H2,1-2H3;3H2,1-2H3;1-2H3;1H4. The predicted octanol–water partition coefficient (Wildman–Crippen LogP) is 27.8. The van der Waals surface area contributed by atoms with Gasteiger partial charge in [0.05, 0.1) is 0 Å². The van der Waals surface area contributed by atoms with Crippen molar-refractivity contribution in [2.45, 2.75) is 299 Å². The van der Waals surface area contributed by atoms with Gasteiger partial charge in [-0.1, -0.05) is 399 Å². The van der Waals surface area contributed by atoms with E-state index in [0.29, 0.717) is 11.3 Å². The number of rotatable bonds is 9. The largest absolute Gasteiger partial charge is 0.0776 e. The molecule has 0 heteroatoms. The fourth-order valence-corrected chi connectivity index (χ4v) is 4.34. The van der Waals surface area contributed by atoms with Gasteiger partial charge in [-0.2, -0.15) is 0 Å². The summed E-state index contributed by atoms with van der Waals surface area (Å²) in [6, 6.07) is 44.9. The number of benzene rings is 5. The van der Waals surface area contributed by atoms with Crippen LogP contribution in [-0.4, -0.2) is 0 Å². The summed E-state index contributed by atoms with van der Waals surface area (Å²) in [6.45, 7) is 67.0. The molecule has 0 saturated heterocycles. The zero-order valence-corrected chi connectivity index (χ0v) is 58.2. The number of unbranched alkanes of at least 4 members (excludes halogenated alkanes) is 3. The number of hydrogen-bond donors (Lipinski definition) is 0. The minimum absolute atomic E-state index is 0. The van der Waals surface area contributed by atoms with Gasteiger partial charge in [-0.05, 0) is 100 Å². The molecule has 0 aliphatic carbocycles. The third-order valence-electron chi connectivity index (χ3n) is 9.93. The third kappa shape index (κ3) is 101. The second kappa shape index (κ2) is 71.1. The molecule has 0 bridgehead atoms. The molecule has 5 aromatic carbocycles. The Morgan fingerprint density at radius 3 is 0.744 bits per heavy atom. The van der Waals surface area contributed by atoms with Gasteiger partial charge in [0.1, 0.15) is 0 Å². The Labute approximate surface area is 496 Å². The normalized spacial score (nSPS) is 9.12. The van der Waals surface area contributed by atoms with Crippen LogP contribution in [0.15, 0.2) is 127 Å². The molecule has 0 nitrogen and oxygen atoms in total. The zero-order chi connectivity index (χ0) is 61.6. The van der Waals surface area contributed by atoms with Crippen molar-refractivity contribution in [3.8, 4) is 0 Å². The highest BCUT2D eigenvalue weighted by atomic mass is 14.0. The molecule has 0 atom stereocenters. The van der Waals surface area contributed by atoms with E-state index in [4.69, 9.17) is 0 Å². The molecule has 78 heavy (non-hydrogen) atoms. The van der Waals surface area contributed by atoms with Crippen LogP contribution in [0.3, 0.4) is 0 Å². The first-order valence-corrected chi connectivity index (χ1v) is 31.3. The molecular formula is C78H144. The molecule has 0 aliphatic heterocycles. The minimum atomic E-state index is 0. The molecule has 0 aliphatic rings. The highest BCUT2D eigenvalue weighted by Gasteiger charge is 1.96. The lowest BCUT2D eigenvalue weighted by molar-refractivity contribution is 0.469. The Kier molecular flexibility index (Phi) is 85.2. The van der Waals surface area contributed by atoms with E-state index < -0.39 is 0 Å². The maximum Gasteiger partial charge on any atom is -0.0219 e. The summed E-state index contributed by atoms with van der Waals surface area (Å²) in [6.07, 6.45) is 14.2. The third-order valence-corrected chi connectivity index (χ3v) is 9.93. The fourth-order valence-electron chi connectivity index (χ4n) is 4.34. The summed E-state index contributed by atoms with van der Waals surface area (Å²) < 4.78 is 0. The Balaban J connectivity index is -0.0000000964. The van der Waals surface area contributed by atoms with Crippen molar-refractivity contribution in [2.75, 3.05) is 0 Å². The monoisotopic (exact) mass is 1080 g/mol. The van der Waals surface area contributed by atoms with Crippen LogP contribution in [0.4, 0.5) is 0 Å². The van der Waals surface area contributed by atoms with Crippen molar-refractivity contribution in [3.05, 3.63) is 177 Å². The second-order valence-electron chi connectivity index (χ2n) is 23.3. The Bertz CT molecular complexity index is 1690. The molecule has 0 saturated carbocycles. The zero-order valence-electron chi connectivity index (χ0n) is 58.2. The van der Waals surface area contributed by atoms with Crippen LogP contribution in [-0.2, 0) is 12.8 Å². The molecule has 456 valence electrons. The highest BCUT2D eigenvalue weighted by molar-refractivity contribution is 5.24. The van der Waals surface area contributed by atoms with E-state index in [-0.39, 0.29) is 7.43 Å². The van der Waals surface area contributed by atoms with Crippen molar-refractivity contribution < 1.29 is 0 Å². The summed E-state index contributed by atoms with van der Waals surface area (Å²) in [5, 5.41) is 0. The number of aryl methyl sites for hydroxylation is 8. The molecule has 0 spiro atoms. The molecule has 0 aromatic heterocycles. The first kappa shape index (κ1) is 93.4. The molecular weight excluding hydrogens is 937 g/mol. The first-order chi connectivity index (χ1) is 36.0. The molecule has 5 rings (SSSR count). The average molecular weight is 1080 g/mol. The van der Waals surface area contributed by atoms with Crippen LogP contribution in [0.1, 0.15) is 294 Å². The van der Waals surface area contributed by atoms with Crippen LogP contribution in [0.5, 0.6) is 0 Å². The van der Waals surface area contributed by atoms with Crippen molar-refractivity contribution in [1.82, 2.24) is 0 Å². The lowest BCUT2D eigenvalue weighted by atomic mass is 10.0. The summed E-state index contributed by atoms with van der Waals surface area (Å²) in [4.78, 5) is 0. The summed E-state index contributed by atoms with van der Waals surface area (Å²) in [5.41, 5.74) is 12.8. The Hall–Kier alpha value is -3.90. The Morgan fingerprint density at radius 1 is 0.346 bits per heavy atom. The average Bonchev–Trinajstić information content (AvgIpc) is 3.38. The first-order valence-electron chi connectivity index (χ1n) is 31.3. The van der Waals surface area contributed by atoms with E-state index in [0.717, 1.165) is 24.2 Å². The fraction of sp³-hybridized carbons (Fsp3) is 0.615. The van der Waals surface area contributed by atoms with Gasteiger partial charge >= 0.3 is 0 Å². The van der Waals surface area contributed by atoms with Gasteiger partial charge in [0.25, 0.3) is 0 Å². The van der Waals surface area contributed by atoms with Gasteiger partial charge in [0, 0.05) is 0 Å². The van der Waals surface area contributed by atoms with Crippen molar-refractivity contribution in [2.24, 2.45) is 23.2 Å². The minimum Gasteiger partial charge on any atom is -0.0776 e. The molecule has 0 amide bonds. The molecule has 0 radical (unpaired) electrons. The van der Waals surface area contributed by atoms with Gasteiger partial charge in [-0.25, -0.2) is 0 Å². The van der Waals surface area contributed by atoms with E-state index >= 15 is 0 Å². The molecule has 0 fully saturated rings. The van der Waals surface area contributed by atoms with Gasteiger partial charge in [0.2, 0.25) is 0 Å². The Morgan fingerprint density at radius 2 is 0.577 bits per heavy atom. The van der Waals surface area contributed by atoms with Crippen LogP contribution in [0, 0.1) is 64.7 Å². The lowest BCUT2D eigenvalue weighted by Crippen LogP contribution is -1.93. The van der Waals surface area contributed by atoms with E-state index in [9.17, 15) is 0 Å². The van der Waals surface area contributed by atoms with Crippen molar-refractivity contribution >= 4 is 0 Å². The highest BCUT2D eigenvalue weighted by Crippen LogP contribution is 2.14. The predicted molar refractivity (Wildman–Crippen MR) is 374 cm³/mol. The maximum absolute atomic E-state index is 2.22. The van der Waals surface area contributed by atoms with Gasteiger partial charge < -0.3 is 0 Å². The van der Waals surface area contributed by atoms with E-state index in [2.05, 4.69) is 310 Å². The van der Waals surface area contributed by atoms with Crippen LogP contribution in [0.25, 0.3) is 0 Å². The van der Waals surface area contributed by atoms with Crippen molar-refractivity contribution in [1.29, 1.82) is 0 Å². The summed E-state index contributed by atoms with van der Waals surface area (Å²) >= 11 is 0. The molecule has 0 N–H and O–H groups in total. The van der Waals surface area contributed by atoms with Gasteiger partial charge in [-0.15, -0.1) is 0 Å². The van der Waals surface area contributed by atoms with Gasteiger partial charge in [-0.3, -0.25) is 0 Å². The smallest absolute Gasteiger partial charge is 0.0219 e. The van der Waals surface area contributed by atoms with E-state index in [1.54, 1.807) is 0 Å². The summed E-state index contributed by atoms with van der Waals surface area (Å²) in [7, 11) is 0. The van der Waals surface area contributed by atoms with Crippen molar-refractivity contribution in [3.63, 3.8) is 0 Å². The molecule has 0 heterocycles. The molecule has 5 aromatic rings. The van der Waals surface area contributed by atoms with Crippen LogP contribution < -0.4 is 0 Å². The second-order valence-corrected chi connectivity index (χ2v) is 23.3. The van der Waals surface area contributed by atoms with Crippen LogP contribution >= 0.6 is 0 Å². The van der Waals surface area contributed by atoms with Crippen LogP contribution in [0.2, 0.25) is 0 Å². The van der Waals surface area contributed by atoms with E-state index in [1.165, 1.54) is 114 Å². The maximum atomic E-state index is 2.22. The number of hydrogen-bond acceptors (Lipinski definition) is 0. The quantitative estimate of drug-likeness (QED) is 0.138. The molecule has 0 unspecified atom stereocenters.